The third-order valence-corrected chi connectivity index (χ3v) is 5.72. The van der Waals surface area contributed by atoms with Crippen molar-refractivity contribution >= 4 is 17.4 Å². The summed E-state index contributed by atoms with van der Waals surface area (Å²) in [5, 5.41) is 0.588. The van der Waals surface area contributed by atoms with Gasteiger partial charge in [-0.1, -0.05) is 29.8 Å². The van der Waals surface area contributed by atoms with E-state index in [0.717, 1.165) is 24.2 Å². The van der Waals surface area contributed by atoms with Crippen LogP contribution >= 0.6 is 11.6 Å². The SMILES string of the molecule is CCOc1cc(O[C@H]2CCc3c(C)cccc32)c(Cl)cc1CN(C)CCC(C)=O. The molecular formula is C24H30ClNO3. The summed E-state index contributed by atoms with van der Waals surface area (Å²) in [6, 6.07) is 10.2. The fourth-order valence-electron chi connectivity index (χ4n) is 3.87. The van der Waals surface area contributed by atoms with Crippen LogP contribution in [0.5, 0.6) is 11.5 Å². The van der Waals surface area contributed by atoms with Crippen LogP contribution in [0.15, 0.2) is 30.3 Å². The van der Waals surface area contributed by atoms with Crippen LogP contribution in [-0.4, -0.2) is 30.9 Å². The number of halogens is 1. The number of carbonyl (C=O) groups excluding carboxylic acids is 1. The molecule has 0 radical (unpaired) electrons. The number of fused-ring (bicyclic) bond motifs is 1. The highest BCUT2D eigenvalue weighted by atomic mass is 35.5. The molecule has 5 heteroatoms. The fourth-order valence-corrected chi connectivity index (χ4v) is 4.10. The predicted octanol–water partition coefficient (Wildman–Crippen LogP) is 5.52. The highest BCUT2D eigenvalue weighted by molar-refractivity contribution is 6.32. The molecule has 4 nitrogen and oxygen atoms in total. The van der Waals surface area contributed by atoms with Crippen LogP contribution in [0, 0.1) is 6.92 Å². The minimum atomic E-state index is 0.0148. The number of rotatable bonds is 9. The van der Waals surface area contributed by atoms with Gasteiger partial charge in [0.1, 0.15) is 23.4 Å². The molecule has 0 unspecified atom stereocenters. The van der Waals surface area contributed by atoms with Gasteiger partial charge in [0.2, 0.25) is 0 Å². The summed E-state index contributed by atoms with van der Waals surface area (Å²) in [5.74, 6) is 1.63. The first-order chi connectivity index (χ1) is 13.9. The Balaban J connectivity index is 1.80. The maximum atomic E-state index is 11.3. The van der Waals surface area contributed by atoms with Crippen molar-refractivity contribution < 1.29 is 14.3 Å². The molecule has 1 atom stereocenters. The summed E-state index contributed by atoms with van der Waals surface area (Å²) in [4.78, 5) is 13.4. The van der Waals surface area contributed by atoms with Crippen molar-refractivity contribution in [3.63, 3.8) is 0 Å². The van der Waals surface area contributed by atoms with Gasteiger partial charge < -0.3 is 14.4 Å². The Bertz CT molecular complexity index is 881. The van der Waals surface area contributed by atoms with Gasteiger partial charge in [-0.15, -0.1) is 0 Å². The van der Waals surface area contributed by atoms with E-state index >= 15 is 0 Å². The van der Waals surface area contributed by atoms with Crippen molar-refractivity contribution in [2.45, 2.75) is 52.7 Å². The number of ketones is 1. The molecule has 0 fully saturated rings. The fraction of sp³-hybridized carbons (Fsp3) is 0.458. The average Bonchev–Trinajstić information content (AvgIpc) is 3.08. The molecule has 1 aliphatic carbocycles. The van der Waals surface area contributed by atoms with Gasteiger partial charge in [0.05, 0.1) is 11.6 Å². The monoisotopic (exact) mass is 415 g/mol. The zero-order chi connectivity index (χ0) is 21.0. The molecule has 156 valence electrons. The minimum absolute atomic E-state index is 0.0148. The lowest BCUT2D eigenvalue weighted by atomic mass is 10.0. The molecular weight excluding hydrogens is 386 g/mol. The number of Topliss-reactive ketones (excluding diaryl/α,β-unsaturated/α-hetero) is 1. The molecule has 3 rings (SSSR count). The molecule has 0 aliphatic heterocycles. The number of hydrogen-bond acceptors (Lipinski definition) is 4. The minimum Gasteiger partial charge on any atom is -0.493 e. The third-order valence-electron chi connectivity index (χ3n) is 5.42. The largest absolute Gasteiger partial charge is 0.493 e. The Hall–Kier alpha value is -2.04. The topological polar surface area (TPSA) is 38.8 Å². The van der Waals surface area contributed by atoms with E-state index in [4.69, 9.17) is 21.1 Å². The van der Waals surface area contributed by atoms with Gasteiger partial charge in [-0.3, -0.25) is 4.79 Å². The molecule has 1 aliphatic rings. The Morgan fingerprint density at radius 2 is 2.07 bits per heavy atom. The van der Waals surface area contributed by atoms with E-state index in [-0.39, 0.29) is 11.9 Å². The standard InChI is InChI=1S/C24H30ClNO3/c1-5-28-23-14-24(21(25)13-18(23)15-26(4)12-11-17(3)27)29-22-10-9-19-16(2)7-6-8-20(19)22/h6-8,13-14,22H,5,9-12,15H2,1-4H3/t22-/m0/s1. The number of nitrogens with zero attached hydrogens (tertiary/aromatic N) is 1. The van der Waals surface area contributed by atoms with E-state index < -0.39 is 0 Å². The number of carbonyl (C=O) groups is 1. The molecule has 0 saturated carbocycles. The van der Waals surface area contributed by atoms with Crippen molar-refractivity contribution in [2.24, 2.45) is 0 Å². The first-order valence-electron chi connectivity index (χ1n) is 10.3. The van der Waals surface area contributed by atoms with Crippen LogP contribution in [0.3, 0.4) is 0 Å². The van der Waals surface area contributed by atoms with Crippen LogP contribution in [0.1, 0.15) is 55.0 Å². The quantitative estimate of drug-likeness (QED) is 0.540. The van der Waals surface area contributed by atoms with Gasteiger partial charge in [0.25, 0.3) is 0 Å². The van der Waals surface area contributed by atoms with Crippen LogP contribution < -0.4 is 9.47 Å². The van der Waals surface area contributed by atoms with Gasteiger partial charge in [-0.2, -0.15) is 0 Å². The second kappa shape index (κ2) is 9.64. The molecule has 0 heterocycles. The Morgan fingerprint density at radius 3 is 2.79 bits per heavy atom. The zero-order valence-electron chi connectivity index (χ0n) is 17.8. The van der Waals surface area contributed by atoms with Crippen LogP contribution in [0.2, 0.25) is 5.02 Å². The van der Waals surface area contributed by atoms with E-state index in [0.29, 0.717) is 36.9 Å². The van der Waals surface area contributed by atoms with Crippen molar-refractivity contribution in [2.75, 3.05) is 20.2 Å². The van der Waals surface area contributed by atoms with Crippen LogP contribution in [0.4, 0.5) is 0 Å². The molecule has 2 aromatic rings. The summed E-state index contributed by atoms with van der Waals surface area (Å²) in [5.41, 5.74) is 4.96. The van der Waals surface area contributed by atoms with E-state index in [9.17, 15) is 4.79 Å². The number of aryl methyl sites for hydroxylation is 1. The Morgan fingerprint density at radius 1 is 1.28 bits per heavy atom. The normalized spacial score (nSPS) is 15.4. The maximum absolute atomic E-state index is 11.3. The van der Waals surface area contributed by atoms with Crippen LogP contribution in [0.25, 0.3) is 0 Å². The second-order valence-corrected chi connectivity index (χ2v) is 8.21. The van der Waals surface area contributed by atoms with Gasteiger partial charge in [-0.05, 0) is 63.4 Å². The Kier molecular flexibility index (Phi) is 7.20. The van der Waals surface area contributed by atoms with E-state index in [2.05, 4.69) is 30.0 Å². The lowest BCUT2D eigenvalue weighted by Crippen LogP contribution is -2.21. The second-order valence-electron chi connectivity index (χ2n) is 7.80. The lowest BCUT2D eigenvalue weighted by molar-refractivity contribution is -0.117. The van der Waals surface area contributed by atoms with Crippen molar-refractivity contribution in [1.82, 2.24) is 4.90 Å². The summed E-state index contributed by atoms with van der Waals surface area (Å²) in [7, 11) is 1.99. The molecule has 2 aromatic carbocycles. The zero-order valence-corrected chi connectivity index (χ0v) is 18.5. The van der Waals surface area contributed by atoms with E-state index in [1.165, 1.54) is 16.7 Å². The van der Waals surface area contributed by atoms with Crippen molar-refractivity contribution in [3.8, 4) is 11.5 Å². The van der Waals surface area contributed by atoms with Crippen molar-refractivity contribution in [1.29, 1.82) is 0 Å². The smallest absolute Gasteiger partial charge is 0.142 e. The molecule has 29 heavy (non-hydrogen) atoms. The Labute approximate surface area is 178 Å². The number of benzene rings is 2. The first-order valence-corrected chi connectivity index (χ1v) is 10.6. The van der Waals surface area contributed by atoms with Gasteiger partial charge in [0.15, 0.2) is 0 Å². The highest BCUT2D eigenvalue weighted by Gasteiger charge is 2.26. The molecule has 0 spiro atoms. The van der Waals surface area contributed by atoms with Gasteiger partial charge >= 0.3 is 0 Å². The predicted molar refractivity (Wildman–Crippen MR) is 117 cm³/mol. The van der Waals surface area contributed by atoms with Gasteiger partial charge in [0, 0.05) is 31.1 Å². The summed E-state index contributed by atoms with van der Waals surface area (Å²) >= 11 is 6.60. The maximum Gasteiger partial charge on any atom is 0.142 e. The summed E-state index contributed by atoms with van der Waals surface area (Å²) < 4.78 is 12.2. The number of hydrogen-bond donors (Lipinski definition) is 0. The van der Waals surface area contributed by atoms with E-state index in [1.807, 2.05) is 26.1 Å². The molecule has 0 bridgehead atoms. The summed E-state index contributed by atoms with van der Waals surface area (Å²) in [6.45, 7) is 7.66. The molecule has 0 N–H and O–H groups in total. The molecule has 0 saturated heterocycles. The van der Waals surface area contributed by atoms with Crippen molar-refractivity contribution in [3.05, 3.63) is 57.6 Å². The van der Waals surface area contributed by atoms with E-state index in [1.54, 1.807) is 6.92 Å². The number of ether oxygens (including phenoxy) is 2. The summed E-state index contributed by atoms with van der Waals surface area (Å²) in [6.07, 6.45) is 2.54. The molecule has 0 amide bonds. The highest BCUT2D eigenvalue weighted by Crippen LogP contribution is 2.40. The first kappa shape index (κ1) is 21.7. The molecule has 0 aromatic heterocycles. The average molecular weight is 416 g/mol. The lowest BCUT2D eigenvalue weighted by Gasteiger charge is -2.21. The van der Waals surface area contributed by atoms with Gasteiger partial charge in [-0.25, -0.2) is 0 Å². The van der Waals surface area contributed by atoms with Crippen LogP contribution in [-0.2, 0) is 17.8 Å². The third kappa shape index (κ3) is 5.31.